The monoisotopic (exact) mass is 314 g/mol. The molecule has 1 fully saturated rings. The van der Waals surface area contributed by atoms with E-state index in [0.717, 1.165) is 0 Å². The highest BCUT2D eigenvalue weighted by molar-refractivity contribution is 5.77. The summed E-state index contributed by atoms with van der Waals surface area (Å²) < 4.78 is 6.09. The highest BCUT2D eigenvalue weighted by Crippen LogP contribution is 2.49. The molecule has 1 aromatic carbocycles. The summed E-state index contributed by atoms with van der Waals surface area (Å²) in [5.41, 5.74) is 0.766. The van der Waals surface area contributed by atoms with Crippen LogP contribution in [0.25, 0.3) is 0 Å². The number of hydrogen-bond donors (Lipinski definition) is 1. The molecule has 0 amide bonds. The van der Waals surface area contributed by atoms with E-state index in [4.69, 9.17) is 9.57 Å². The summed E-state index contributed by atoms with van der Waals surface area (Å²) in [5.74, 6) is -0.950. The number of hydrogen-bond acceptors (Lipinski definition) is 4. The van der Waals surface area contributed by atoms with Crippen LogP contribution in [0.15, 0.2) is 42.7 Å². The third kappa shape index (κ3) is 2.21. The minimum atomic E-state index is -1.25. The Morgan fingerprint density at radius 1 is 1.22 bits per heavy atom. The maximum Gasteiger partial charge on any atom is 0.350 e. The van der Waals surface area contributed by atoms with Crippen molar-refractivity contribution in [3.05, 3.63) is 53.9 Å². The number of aromatic nitrogens is 2. The van der Waals surface area contributed by atoms with Crippen LogP contribution in [0, 0.1) is 0 Å². The van der Waals surface area contributed by atoms with E-state index in [1.165, 1.54) is 16.0 Å². The number of carboxylic acids is 1. The predicted octanol–water partition coefficient (Wildman–Crippen LogP) is 2.13. The predicted molar refractivity (Wildman–Crippen MR) is 80.6 cm³/mol. The van der Waals surface area contributed by atoms with Crippen molar-refractivity contribution in [3.8, 4) is 0 Å². The molecule has 23 heavy (non-hydrogen) atoms. The first-order chi connectivity index (χ1) is 11.1. The molecule has 2 aliphatic rings. The van der Waals surface area contributed by atoms with Crippen LogP contribution >= 0.6 is 0 Å². The lowest BCUT2D eigenvalue weighted by Crippen LogP contribution is -2.53. The Morgan fingerprint density at radius 3 is 2.70 bits per heavy atom. The molecular formula is C17H18N2O4. The molecule has 2 heterocycles. The molecule has 0 unspecified atom stereocenters. The van der Waals surface area contributed by atoms with Gasteiger partial charge in [-0.05, 0) is 30.0 Å². The smallest absolute Gasteiger partial charge is 0.350 e. The summed E-state index contributed by atoms with van der Waals surface area (Å²) in [6, 6.07) is 9.88. The summed E-state index contributed by atoms with van der Waals surface area (Å²) in [6.45, 7) is 0.594. The lowest BCUT2D eigenvalue weighted by Gasteiger charge is -2.41. The summed E-state index contributed by atoms with van der Waals surface area (Å²) >= 11 is 0. The number of nitrogens with zero attached hydrogens (tertiary/aromatic N) is 2. The molecule has 1 saturated carbocycles. The van der Waals surface area contributed by atoms with Crippen LogP contribution in [0.3, 0.4) is 0 Å². The molecule has 6 nitrogen and oxygen atoms in total. The van der Waals surface area contributed by atoms with Crippen LogP contribution in [-0.2, 0) is 21.7 Å². The fourth-order valence-electron chi connectivity index (χ4n) is 3.69. The molecule has 0 atom stereocenters. The van der Waals surface area contributed by atoms with E-state index in [0.29, 0.717) is 32.3 Å². The molecule has 4 rings (SSSR count). The number of carboxylic acid groups (broad SMARTS) is 1. The first-order valence-electron chi connectivity index (χ1n) is 7.79. The SMILES string of the molecule is O=C(O)C1(On2cccn2)CCC2(CC1)OCc1ccccc12. The van der Waals surface area contributed by atoms with Crippen molar-refractivity contribution in [3.63, 3.8) is 0 Å². The second kappa shape index (κ2) is 5.09. The molecule has 1 aliphatic heterocycles. The number of fused-ring (bicyclic) bond motifs is 2. The van der Waals surface area contributed by atoms with Crippen LogP contribution in [0.5, 0.6) is 0 Å². The number of benzene rings is 1. The Kier molecular flexibility index (Phi) is 3.16. The normalized spacial score (nSPS) is 29.4. The zero-order valence-corrected chi connectivity index (χ0v) is 12.6. The first kappa shape index (κ1) is 14.3. The minimum absolute atomic E-state index is 0.372. The summed E-state index contributed by atoms with van der Waals surface area (Å²) in [5, 5.41) is 13.7. The molecule has 1 N–H and O–H groups in total. The van der Waals surface area contributed by atoms with Crippen molar-refractivity contribution in [1.82, 2.24) is 9.94 Å². The highest BCUT2D eigenvalue weighted by Gasteiger charge is 2.53. The largest absolute Gasteiger partial charge is 0.478 e. The topological polar surface area (TPSA) is 73.6 Å². The van der Waals surface area contributed by atoms with Gasteiger partial charge in [0, 0.05) is 12.8 Å². The Morgan fingerprint density at radius 2 is 2.00 bits per heavy atom. The van der Waals surface area contributed by atoms with Crippen LogP contribution in [-0.4, -0.2) is 26.6 Å². The van der Waals surface area contributed by atoms with Crippen LogP contribution in [0.4, 0.5) is 0 Å². The van der Waals surface area contributed by atoms with Gasteiger partial charge in [0.2, 0.25) is 5.60 Å². The quantitative estimate of drug-likeness (QED) is 0.939. The number of aliphatic carboxylic acids is 1. The zero-order valence-electron chi connectivity index (χ0n) is 12.6. The van der Waals surface area contributed by atoms with Crippen molar-refractivity contribution in [1.29, 1.82) is 0 Å². The lowest BCUT2D eigenvalue weighted by molar-refractivity contribution is -0.186. The standard InChI is InChI=1S/C17H18N2O4/c20-15(21)17(23-19-11-3-10-18-19)8-6-16(7-9-17)14-5-2-1-4-13(14)12-22-16/h1-5,10-11H,6-9,12H2,(H,20,21). The Labute approximate surface area is 133 Å². The number of carbonyl (C=O) groups is 1. The molecule has 6 heteroatoms. The van der Waals surface area contributed by atoms with E-state index in [9.17, 15) is 9.90 Å². The maximum absolute atomic E-state index is 11.8. The molecule has 0 bridgehead atoms. The van der Waals surface area contributed by atoms with E-state index in [2.05, 4.69) is 17.2 Å². The molecule has 1 spiro atoms. The van der Waals surface area contributed by atoms with E-state index < -0.39 is 11.6 Å². The summed E-state index contributed by atoms with van der Waals surface area (Å²) in [6.07, 6.45) is 5.19. The van der Waals surface area contributed by atoms with Gasteiger partial charge in [-0.3, -0.25) is 0 Å². The molecule has 1 aliphatic carbocycles. The molecule has 0 saturated heterocycles. The maximum atomic E-state index is 11.8. The average Bonchev–Trinajstić information content (AvgIpc) is 3.19. The Hall–Kier alpha value is -2.34. The van der Waals surface area contributed by atoms with Crippen molar-refractivity contribution in [2.45, 2.75) is 43.5 Å². The first-order valence-corrected chi connectivity index (χ1v) is 7.79. The summed E-state index contributed by atoms with van der Waals surface area (Å²) in [7, 11) is 0. The molecule has 0 radical (unpaired) electrons. The zero-order chi connectivity index (χ0) is 15.9. The van der Waals surface area contributed by atoms with Crippen molar-refractivity contribution >= 4 is 5.97 Å². The minimum Gasteiger partial charge on any atom is -0.478 e. The van der Waals surface area contributed by atoms with Gasteiger partial charge in [-0.1, -0.05) is 24.3 Å². The van der Waals surface area contributed by atoms with Gasteiger partial charge < -0.3 is 14.7 Å². The van der Waals surface area contributed by atoms with Gasteiger partial charge in [-0.25, -0.2) is 4.79 Å². The van der Waals surface area contributed by atoms with Gasteiger partial charge in [0.25, 0.3) is 0 Å². The average molecular weight is 314 g/mol. The third-order valence-corrected chi connectivity index (χ3v) is 5.02. The summed E-state index contributed by atoms with van der Waals surface area (Å²) in [4.78, 5) is 18.8. The van der Waals surface area contributed by atoms with E-state index in [1.807, 2.05) is 12.1 Å². The van der Waals surface area contributed by atoms with E-state index in [1.54, 1.807) is 18.5 Å². The second-order valence-electron chi connectivity index (χ2n) is 6.24. The van der Waals surface area contributed by atoms with Crippen molar-refractivity contribution in [2.24, 2.45) is 0 Å². The Bertz CT molecular complexity index is 718. The third-order valence-electron chi connectivity index (χ3n) is 5.02. The van der Waals surface area contributed by atoms with E-state index in [-0.39, 0.29) is 5.60 Å². The molecule has 2 aromatic rings. The van der Waals surface area contributed by atoms with Crippen molar-refractivity contribution in [2.75, 3.05) is 0 Å². The fourth-order valence-corrected chi connectivity index (χ4v) is 3.69. The van der Waals surface area contributed by atoms with Gasteiger partial charge in [-0.15, -0.1) is 9.94 Å². The Balaban J connectivity index is 1.59. The van der Waals surface area contributed by atoms with Crippen molar-refractivity contribution < 1.29 is 19.5 Å². The van der Waals surface area contributed by atoms with Gasteiger partial charge in [0.05, 0.1) is 24.6 Å². The number of ether oxygens (including phenoxy) is 1. The fraction of sp³-hybridized carbons (Fsp3) is 0.412. The highest BCUT2D eigenvalue weighted by atomic mass is 16.7. The molecule has 1 aromatic heterocycles. The van der Waals surface area contributed by atoms with Gasteiger partial charge >= 0.3 is 5.97 Å². The second-order valence-corrected chi connectivity index (χ2v) is 6.24. The van der Waals surface area contributed by atoms with E-state index >= 15 is 0 Å². The number of rotatable bonds is 3. The van der Waals surface area contributed by atoms with Crippen LogP contribution in [0.2, 0.25) is 0 Å². The van der Waals surface area contributed by atoms with Gasteiger partial charge in [0.1, 0.15) is 0 Å². The van der Waals surface area contributed by atoms with Crippen LogP contribution < -0.4 is 4.84 Å². The molecule has 120 valence electrons. The van der Waals surface area contributed by atoms with Gasteiger partial charge in [0.15, 0.2) is 0 Å². The van der Waals surface area contributed by atoms with Gasteiger partial charge in [-0.2, -0.15) is 0 Å². The molecular weight excluding hydrogens is 296 g/mol. The lowest BCUT2D eigenvalue weighted by atomic mass is 9.73. The van der Waals surface area contributed by atoms with Crippen LogP contribution in [0.1, 0.15) is 36.8 Å².